The number of alkyl halides is 3. The van der Waals surface area contributed by atoms with E-state index in [1.54, 1.807) is 0 Å². The first kappa shape index (κ1) is 10.5. The molecule has 1 aromatic rings. The Morgan fingerprint density at radius 3 is 2.57 bits per heavy atom. The predicted molar refractivity (Wildman–Crippen MR) is 43.2 cm³/mol. The third-order valence-corrected chi connectivity index (χ3v) is 1.53. The van der Waals surface area contributed by atoms with Gasteiger partial charge in [0.15, 0.2) is 0 Å². The zero-order valence-corrected chi connectivity index (χ0v) is 6.99. The van der Waals surface area contributed by atoms with Crippen LogP contribution >= 0.6 is 0 Å². The van der Waals surface area contributed by atoms with E-state index < -0.39 is 11.7 Å². The molecule has 1 heterocycles. The number of nitrogens with zero attached hydrogens (tertiary/aromatic N) is 2. The Hall–Kier alpha value is -1.59. The number of hydrogen-bond acceptors (Lipinski definition) is 3. The second-order valence-corrected chi connectivity index (χ2v) is 2.54. The zero-order valence-electron chi connectivity index (χ0n) is 6.99. The lowest BCUT2D eigenvalue weighted by Crippen LogP contribution is -2.06. The van der Waals surface area contributed by atoms with Crippen LogP contribution in [0.4, 0.5) is 13.2 Å². The smallest absolute Gasteiger partial charge is 0.411 e. The number of aromatic nitrogens is 1. The lowest BCUT2D eigenvalue weighted by molar-refractivity contribution is -0.137. The van der Waals surface area contributed by atoms with Gasteiger partial charge in [-0.1, -0.05) is 0 Å². The summed E-state index contributed by atoms with van der Waals surface area (Å²) >= 11 is 0. The highest BCUT2D eigenvalue weighted by molar-refractivity contribution is 5.59. The highest BCUT2D eigenvalue weighted by atomic mass is 19.4. The van der Waals surface area contributed by atoms with Gasteiger partial charge in [0.25, 0.3) is 0 Å². The van der Waals surface area contributed by atoms with Crippen LogP contribution < -0.4 is 0 Å². The Morgan fingerprint density at radius 1 is 1.43 bits per heavy atom. The van der Waals surface area contributed by atoms with Crippen LogP contribution in [0.15, 0.2) is 23.5 Å². The monoisotopic (exact) mass is 204 g/mol. The van der Waals surface area contributed by atoms with Crippen molar-refractivity contribution in [2.24, 2.45) is 5.16 Å². The van der Waals surface area contributed by atoms with E-state index in [-0.39, 0.29) is 6.42 Å². The lowest BCUT2D eigenvalue weighted by Gasteiger charge is -2.05. The minimum absolute atomic E-state index is 0.203. The molecule has 0 saturated heterocycles. The summed E-state index contributed by atoms with van der Waals surface area (Å²) in [6.45, 7) is 0. The molecule has 1 rings (SSSR count). The number of halogens is 3. The van der Waals surface area contributed by atoms with Gasteiger partial charge in [-0.2, -0.15) is 13.2 Å². The standard InChI is InChI=1S/C8H7F3N2O/c9-8(10,11)6-1-2-7(12-5-6)3-4-13-14/h1-2,4-5,14H,3H2. The first-order valence-electron chi connectivity index (χ1n) is 3.72. The molecule has 0 amide bonds. The van der Waals surface area contributed by atoms with Gasteiger partial charge >= 0.3 is 6.18 Å². The molecule has 1 N–H and O–H groups in total. The van der Waals surface area contributed by atoms with Crippen LogP contribution in [-0.2, 0) is 12.6 Å². The fourth-order valence-electron chi connectivity index (χ4n) is 0.847. The van der Waals surface area contributed by atoms with Gasteiger partial charge in [-0.15, -0.1) is 5.16 Å². The predicted octanol–water partition coefficient (Wildman–Crippen LogP) is 2.10. The highest BCUT2D eigenvalue weighted by Crippen LogP contribution is 2.28. The second-order valence-electron chi connectivity index (χ2n) is 2.54. The van der Waals surface area contributed by atoms with Crippen molar-refractivity contribution in [3.05, 3.63) is 29.6 Å². The number of hydrogen-bond donors (Lipinski definition) is 1. The lowest BCUT2D eigenvalue weighted by atomic mass is 10.2. The van der Waals surface area contributed by atoms with Crippen LogP contribution in [0.1, 0.15) is 11.3 Å². The fraction of sp³-hybridized carbons (Fsp3) is 0.250. The third kappa shape index (κ3) is 2.72. The van der Waals surface area contributed by atoms with Crippen molar-refractivity contribution in [2.45, 2.75) is 12.6 Å². The highest BCUT2D eigenvalue weighted by Gasteiger charge is 2.30. The van der Waals surface area contributed by atoms with Crippen molar-refractivity contribution < 1.29 is 18.4 Å². The topological polar surface area (TPSA) is 45.5 Å². The summed E-state index contributed by atoms with van der Waals surface area (Å²) in [4.78, 5) is 3.56. The van der Waals surface area contributed by atoms with Gasteiger partial charge in [-0.05, 0) is 12.1 Å². The summed E-state index contributed by atoms with van der Waals surface area (Å²) in [5.41, 5.74) is -0.377. The number of pyridine rings is 1. The second kappa shape index (κ2) is 4.08. The Bertz CT molecular complexity index is 318. The maximum atomic E-state index is 12.1. The Kier molecular flexibility index (Phi) is 3.06. The average Bonchev–Trinajstić information content (AvgIpc) is 2.14. The van der Waals surface area contributed by atoms with Crippen LogP contribution in [0.3, 0.4) is 0 Å². The van der Waals surface area contributed by atoms with Crippen molar-refractivity contribution in [1.29, 1.82) is 0 Å². The molecular weight excluding hydrogens is 197 g/mol. The normalized spacial score (nSPS) is 12.2. The minimum atomic E-state index is -4.36. The zero-order chi connectivity index (χ0) is 10.6. The molecule has 0 saturated carbocycles. The quantitative estimate of drug-likeness (QED) is 0.455. The molecule has 76 valence electrons. The summed E-state index contributed by atoms with van der Waals surface area (Å²) < 4.78 is 36.2. The summed E-state index contributed by atoms with van der Waals surface area (Å²) in [7, 11) is 0. The summed E-state index contributed by atoms with van der Waals surface area (Å²) in [6, 6.07) is 2.18. The molecule has 0 radical (unpaired) electrons. The van der Waals surface area contributed by atoms with Crippen LogP contribution in [-0.4, -0.2) is 16.4 Å². The van der Waals surface area contributed by atoms with Gasteiger partial charge in [0.2, 0.25) is 0 Å². The number of rotatable bonds is 2. The molecule has 0 aliphatic heterocycles. The molecule has 0 atom stereocenters. The van der Waals surface area contributed by atoms with E-state index in [1.807, 2.05) is 0 Å². The minimum Gasteiger partial charge on any atom is -0.411 e. The van der Waals surface area contributed by atoms with Crippen molar-refractivity contribution in [2.75, 3.05) is 0 Å². The van der Waals surface area contributed by atoms with E-state index in [1.165, 1.54) is 6.07 Å². The SMILES string of the molecule is ON=CCc1ccc(C(F)(F)F)cn1. The van der Waals surface area contributed by atoms with Crippen molar-refractivity contribution >= 4 is 6.21 Å². The third-order valence-electron chi connectivity index (χ3n) is 1.53. The maximum Gasteiger partial charge on any atom is 0.417 e. The molecule has 0 aliphatic rings. The molecule has 0 bridgehead atoms. The molecular formula is C8H7F3N2O. The largest absolute Gasteiger partial charge is 0.417 e. The molecule has 3 nitrogen and oxygen atoms in total. The molecule has 0 unspecified atom stereocenters. The molecule has 1 aromatic heterocycles. The molecule has 0 aliphatic carbocycles. The Morgan fingerprint density at radius 2 is 2.14 bits per heavy atom. The Balaban J connectivity index is 2.79. The van der Waals surface area contributed by atoms with E-state index >= 15 is 0 Å². The van der Waals surface area contributed by atoms with Gasteiger partial charge in [-0.25, -0.2) is 0 Å². The van der Waals surface area contributed by atoms with E-state index in [0.717, 1.165) is 18.5 Å². The molecule has 14 heavy (non-hydrogen) atoms. The van der Waals surface area contributed by atoms with Crippen LogP contribution in [0.2, 0.25) is 0 Å². The molecule has 0 fully saturated rings. The molecule has 6 heteroatoms. The van der Waals surface area contributed by atoms with Crippen LogP contribution in [0.25, 0.3) is 0 Å². The maximum absolute atomic E-state index is 12.1. The molecule has 0 spiro atoms. The van der Waals surface area contributed by atoms with E-state index in [4.69, 9.17) is 5.21 Å². The van der Waals surface area contributed by atoms with Gasteiger partial charge < -0.3 is 5.21 Å². The number of oxime groups is 1. The van der Waals surface area contributed by atoms with Crippen molar-refractivity contribution in [3.63, 3.8) is 0 Å². The van der Waals surface area contributed by atoms with Gasteiger partial charge in [0.1, 0.15) is 0 Å². The fourth-order valence-corrected chi connectivity index (χ4v) is 0.847. The van der Waals surface area contributed by atoms with E-state index in [2.05, 4.69) is 10.1 Å². The summed E-state index contributed by atoms with van der Waals surface area (Å²) in [5.74, 6) is 0. The van der Waals surface area contributed by atoms with Gasteiger partial charge in [0.05, 0.1) is 5.56 Å². The van der Waals surface area contributed by atoms with Crippen LogP contribution in [0.5, 0.6) is 0 Å². The first-order chi connectivity index (χ1) is 6.54. The van der Waals surface area contributed by atoms with Gasteiger partial charge in [-0.3, -0.25) is 4.98 Å². The first-order valence-corrected chi connectivity index (χ1v) is 3.72. The average molecular weight is 204 g/mol. The summed E-state index contributed by atoms with van der Waals surface area (Å²) in [5, 5.41) is 10.8. The van der Waals surface area contributed by atoms with Crippen LogP contribution in [0, 0.1) is 0 Å². The molecule has 0 aromatic carbocycles. The van der Waals surface area contributed by atoms with Crippen molar-refractivity contribution in [3.8, 4) is 0 Å². The summed E-state index contributed by atoms with van der Waals surface area (Å²) in [6.07, 6.45) is -2.26. The van der Waals surface area contributed by atoms with Gasteiger partial charge in [0, 0.05) is 24.5 Å². The Labute approximate surface area is 77.9 Å². The van der Waals surface area contributed by atoms with E-state index in [9.17, 15) is 13.2 Å². The van der Waals surface area contributed by atoms with E-state index in [0.29, 0.717) is 5.69 Å². The van der Waals surface area contributed by atoms with Crippen molar-refractivity contribution in [1.82, 2.24) is 4.98 Å².